The van der Waals surface area contributed by atoms with E-state index in [0.717, 1.165) is 11.3 Å². The predicted octanol–water partition coefficient (Wildman–Crippen LogP) is 3.41. The minimum atomic E-state index is -0.431. The summed E-state index contributed by atoms with van der Waals surface area (Å²) in [4.78, 5) is 15.6. The van der Waals surface area contributed by atoms with Crippen molar-refractivity contribution in [2.45, 2.75) is 13.5 Å². The maximum atomic E-state index is 11.4. The molecule has 0 radical (unpaired) electrons. The number of esters is 1. The lowest BCUT2D eigenvalue weighted by molar-refractivity contribution is 0.0600. The number of nitrogens with zero attached hydrogens (tertiary/aromatic N) is 1. The van der Waals surface area contributed by atoms with Gasteiger partial charge in [-0.15, -0.1) is 0 Å². The molecule has 104 valence electrons. The van der Waals surface area contributed by atoms with Crippen LogP contribution in [0.5, 0.6) is 5.75 Å². The van der Waals surface area contributed by atoms with Crippen LogP contribution in [0.1, 0.15) is 21.6 Å². The SMILES string of the molecule is COC(=O)c1ccc(OCc2ncccc2C)c(Cl)c1. The summed E-state index contributed by atoms with van der Waals surface area (Å²) in [6.45, 7) is 2.29. The van der Waals surface area contributed by atoms with Gasteiger partial charge in [0.15, 0.2) is 0 Å². The molecule has 0 N–H and O–H groups in total. The van der Waals surface area contributed by atoms with E-state index in [9.17, 15) is 4.79 Å². The molecule has 0 amide bonds. The van der Waals surface area contributed by atoms with Crippen LogP contribution in [0.3, 0.4) is 0 Å². The first-order valence-electron chi connectivity index (χ1n) is 6.03. The second kappa shape index (κ2) is 6.39. The van der Waals surface area contributed by atoms with Gasteiger partial charge in [0.2, 0.25) is 0 Å². The third kappa shape index (κ3) is 3.27. The molecule has 2 rings (SSSR count). The van der Waals surface area contributed by atoms with Crippen LogP contribution in [0.15, 0.2) is 36.5 Å². The Balaban J connectivity index is 2.11. The zero-order valence-corrected chi connectivity index (χ0v) is 12.0. The van der Waals surface area contributed by atoms with E-state index in [0.29, 0.717) is 22.9 Å². The molecule has 5 heteroatoms. The Kier molecular flexibility index (Phi) is 4.58. The smallest absolute Gasteiger partial charge is 0.337 e. The van der Waals surface area contributed by atoms with Gasteiger partial charge >= 0.3 is 5.97 Å². The van der Waals surface area contributed by atoms with E-state index >= 15 is 0 Å². The average Bonchev–Trinajstić information content (AvgIpc) is 2.46. The summed E-state index contributed by atoms with van der Waals surface area (Å²) in [7, 11) is 1.32. The summed E-state index contributed by atoms with van der Waals surface area (Å²) >= 11 is 6.08. The number of carbonyl (C=O) groups excluding carboxylic acids is 1. The van der Waals surface area contributed by atoms with E-state index in [4.69, 9.17) is 16.3 Å². The molecule has 1 heterocycles. The number of aryl methyl sites for hydroxylation is 1. The Morgan fingerprint density at radius 3 is 2.80 bits per heavy atom. The van der Waals surface area contributed by atoms with Gasteiger partial charge < -0.3 is 9.47 Å². The topological polar surface area (TPSA) is 48.4 Å². The largest absolute Gasteiger partial charge is 0.486 e. The van der Waals surface area contributed by atoms with Crippen molar-refractivity contribution >= 4 is 17.6 Å². The molecular formula is C15H14ClNO3. The van der Waals surface area contributed by atoms with Crippen LogP contribution in [0, 0.1) is 6.92 Å². The van der Waals surface area contributed by atoms with Gasteiger partial charge in [-0.1, -0.05) is 17.7 Å². The highest BCUT2D eigenvalue weighted by atomic mass is 35.5. The number of pyridine rings is 1. The Hall–Kier alpha value is -2.07. The van der Waals surface area contributed by atoms with Crippen molar-refractivity contribution < 1.29 is 14.3 Å². The summed E-state index contributed by atoms with van der Waals surface area (Å²) in [5, 5.41) is 0.362. The molecule has 0 aliphatic rings. The molecule has 0 aliphatic heterocycles. The van der Waals surface area contributed by atoms with Crippen molar-refractivity contribution in [3.8, 4) is 5.75 Å². The van der Waals surface area contributed by atoms with Crippen molar-refractivity contribution in [1.82, 2.24) is 4.98 Å². The highest BCUT2D eigenvalue weighted by molar-refractivity contribution is 6.32. The Morgan fingerprint density at radius 1 is 1.35 bits per heavy atom. The van der Waals surface area contributed by atoms with Gasteiger partial charge in [0.25, 0.3) is 0 Å². The molecule has 20 heavy (non-hydrogen) atoms. The van der Waals surface area contributed by atoms with Gasteiger partial charge in [-0.05, 0) is 36.8 Å². The normalized spacial score (nSPS) is 10.2. The first-order valence-corrected chi connectivity index (χ1v) is 6.40. The lowest BCUT2D eigenvalue weighted by Crippen LogP contribution is -2.03. The lowest BCUT2D eigenvalue weighted by Gasteiger charge is -2.10. The molecule has 0 saturated heterocycles. The fraction of sp³-hybridized carbons (Fsp3) is 0.200. The van der Waals surface area contributed by atoms with E-state index in [2.05, 4.69) is 9.72 Å². The molecule has 1 aromatic heterocycles. The first-order chi connectivity index (χ1) is 9.61. The number of rotatable bonds is 4. The van der Waals surface area contributed by atoms with Crippen molar-refractivity contribution in [2.24, 2.45) is 0 Å². The van der Waals surface area contributed by atoms with Crippen LogP contribution in [-0.4, -0.2) is 18.1 Å². The second-order valence-electron chi connectivity index (χ2n) is 4.19. The molecule has 0 bridgehead atoms. The van der Waals surface area contributed by atoms with E-state index in [1.807, 2.05) is 19.1 Å². The number of hydrogen-bond donors (Lipinski definition) is 0. The minimum absolute atomic E-state index is 0.323. The molecule has 0 unspecified atom stereocenters. The van der Waals surface area contributed by atoms with Crippen molar-refractivity contribution in [3.05, 3.63) is 58.4 Å². The maximum absolute atomic E-state index is 11.4. The molecule has 2 aromatic rings. The Labute approximate surface area is 122 Å². The second-order valence-corrected chi connectivity index (χ2v) is 4.60. The molecule has 0 atom stereocenters. The van der Waals surface area contributed by atoms with E-state index in [-0.39, 0.29) is 0 Å². The van der Waals surface area contributed by atoms with Gasteiger partial charge in [-0.3, -0.25) is 4.98 Å². The van der Waals surface area contributed by atoms with Crippen LogP contribution in [-0.2, 0) is 11.3 Å². The molecule has 1 aromatic carbocycles. The number of carbonyl (C=O) groups is 1. The zero-order chi connectivity index (χ0) is 14.5. The van der Waals surface area contributed by atoms with Crippen LogP contribution in [0.2, 0.25) is 5.02 Å². The zero-order valence-electron chi connectivity index (χ0n) is 11.2. The molecule has 4 nitrogen and oxygen atoms in total. The quantitative estimate of drug-likeness (QED) is 0.810. The number of halogens is 1. The Bertz CT molecular complexity index is 628. The highest BCUT2D eigenvalue weighted by Gasteiger charge is 2.10. The van der Waals surface area contributed by atoms with E-state index in [1.54, 1.807) is 18.3 Å². The summed E-state index contributed by atoms with van der Waals surface area (Å²) in [5.74, 6) is 0.0726. The van der Waals surface area contributed by atoms with Gasteiger partial charge in [0.1, 0.15) is 12.4 Å². The third-order valence-electron chi connectivity index (χ3n) is 2.84. The lowest BCUT2D eigenvalue weighted by atomic mass is 10.2. The number of methoxy groups -OCH3 is 1. The van der Waals surface area contributed by atoms with Gasteiger partial charge in [-0.25, -0.2) is 4.79 Å². The predicted molar refractivity (Wildman–Crippen MR) is 76.1 cm³/mol. The van der Waals surface area contributed by atoms with Crippen molar-refractivity contribution in [1.29, 1.82) is 0 Å². The van der Waals surface area contributed by atoms with Crippen LogP contribution >= 0.6 is 11.6 Å². The molecule has 0 aliphatic carbocycles. The average molecular weight is 292 g/mol. The van der Waals surface area contributed by atoms with Gasteiger partial charge in [-0.2, -0.15) is 0 Å². The summed E-state index contributed by atoms with van der Waals surface area (Å²) in [6, 6.07) is 8.61. The fourth-order valence-corrected chi connectivity index (χ4v) is 1.91. The highest BCUT2D eigenvalue weighted by Crippen LogP contribution is 2.26. The first kappa shape index (κ1) is 14.3. The monoisotopic (exact) mass is 291 g/mol. The van der Waals surface area contributed by atoms with E-state index in [1.165, 1.54) is 13.2 Å². The summed E-state index contributed by atoms with van der Waals surface area (Å²) in [6.07, 6.45) is 1.72. The maximum Gasteiger partial charge on any atom is 0.337 e. The van der Waals surface area contributed by atoms with Crippen LogP contribution < -0.4 is 4.74 Å². The van der Waals surface area contributed by atoms with Crippen LogP contribution in [0.25, 0.3) is 0 Å². The van der Waals surface area contributed by atoms with E-state index < -0.39 is 5.97 Å². The summed E-state index contributed by atoms with van der Waals surface area (Å²) < 4.78 is 10.3. The minimum Gasteiger partial charge on any atom is -0.486 e. The number of ether oxygens (including phenoxy) is 2. The van der Waals surface area contributed by atoms with Crippen LogP contribution in [0.4, 0.5) is 0 Å². The number of benzene rings is 1. The number of aromatic nitrogens is 1. The van der Waals surface area contributed by atoms with Crippen molar-refractivity contribution in [3.63, 3.8) is 0 Å². The van der Waals surface area contributed by atoms with Gasteiger partial charge in [0, 0.05) is 6.20 Å². The Morgan fingerprint density at radius 2 is 2.15 bits per heavy atom. The third-order valence-corrected chi connectivity index (χ3v) is 3.13. The molecular weight excluding hydrogens is 278 g/mol. The standard InChI is InChI=1S/C15H14ClNO3/c1-10-4-3-7-17-13(10)9-20-14-6-5-11(8-12(14)16)15(18)19-2/h3-8H,9H2,1-2H3. The fourth-order valence-electron chi connectivity index (χ4n) is 1.68. The number of hydrogen-bond acceptors (Lipinski definition) is 4. The molecule has 0 saturated carbocycles. The summed E-state index contributed by atoms with van der Waals surface area (Å²) in [5.41, 5.74) is 2.29. The van der Waals surface area contributed by atoms with Crippen molar-refractivity contribution in [2.75, 3.05) is 7.11 Å². The molecule has 0 spiro atoms. The van der Waals surface area contributed by atoms with Gasteiger partial charge in [0.05, 0.1) is 23.4 Å². The molecule has 0 fully saturated rings.